The van der Waals surface area contributed by atoms with Crippen molar-refractivity contribution in [3.63, 3.8) is 0 Å². The van der Waals surface area contributed by atoms with Gasteiger partial charge in [-0.15, -0.1) is 0 Å². The quantitative estimate of drug-likeness (QED) is 0.869. The molecule has 0 bridgehead atoms. The molecule has 88 valence electrons. The SMILES string of the molecule is CC(C)C1(Cc2ccc(Cl)c(Cl)c2)CNC1. The fraction of sp³-hybridized carbons (Fsp3) is 0.538. The summed E-state index contributed by atoms with van der Waals surface area (Å²) in [5, 5.41) is 4.66. The molecule has 1 aromatic rings. The van der Waals surface area contributed by atoms with Crippen molar-refractivity contribution in [3.8, 4) is 0 Å². The maximum atomic E-state index is 6.04. The molecule has 0 radical (unpaired) electrons. The zero-order chi connectivity index (χ0) is 11.8. The molecular formula is C13H17Cl2N. The van der Waals surface area contributed by atoms with E-state index >= 15 is 0 Å². The lowest BCUT2D eigenvalue weighted by Gasteiger charge is -2.46. The summed E-state index contributed by atoms with van der Waals surface area (Å²) in [5.41, 5.74) is 1.68. The average Bonchev–Trinajstić information content (AvgIpc) is 2.16. The Labute approximate surface area is 107 Å². The Morgan fingerprint density at radius 3 is 2.38 bits per heavy atom. The molecule has 0 aromatic heterocycles. The van der Waals surface area contributed by atoms with E-state index in [1.807, 2.05) is 12.1 Å². The van der Waals surface area contributed by atoms with Gasteiger partial charge < -0.3 is 5.32 Å². The molecule has 0 unspecified atom stereocenters. The number of rotatable bonds is 3. The van der Waals surface area contributed by atoms with Crippen molar-refractivity contribution >= 4 is 23.2 Å². The van der Waals surface area contributed by atoms with E-state index < -0.39 is 0 Å². The van der Waals surface area contributed by atoms with Crippen molar-refractivity contribution in [1.82, 2.24) is 5.32 Å². The molecule has 1 aromatic carbocycles. The van der Waals surface area contributed by atoms with Gasteiger partial charge in [-0.25, -0.2) is 0 Å². The van der Waals surface area contributed by atoms with E-state index in [2.05, 4.69) is 25.2 Å². The second-order valence-electron chi connectivity index (χ2n) is 5.05. The van der Waals surface area contributed by atoms with Crippen LogP contribution in [0.5, 0.6) is 0 Å². The molecule has 3 heteroatoms. The summed E-state index contributed by atoms with van der Waals surface area (Å²) in [6, 6.07) is 5.96. The molecule has 1 N–H and O–H groups in total. The standard InChI is InChI=1S/C13H17Cl2N/c1-9(2)13(7-16-8-13)6-10-3-4-11(14)12(15)5-10/h3-5,9,16H,6-8H2,1-2H3. The van der Waals surface area contributed by atoms with Gasteiger partial charge in [0.2, 0.25) is 0 Å². The van der Waals surface area contributed by atoms with Gasteiger partial charge in [-0.2, -0.15) is 0 Å². The maximum Gasteiger partial charge on any atom is 0.0595 e. The van der Waals surface area contributed by atoms with E-state index in [0.29, 0.717) is 21.4 Å². The molecular weight excluding hydrogens is 241 g/mol. The summed E-state index contributed by atoms with van der Waals surface area (Å²) in [6.07, 6.45) is 1.08. The third kappa shape index (κ3) is 2.22. The molecule has 0 amide bonds. The van der Waals surface area contributed by atoms with Crippen LogP contribution in [-0.4, -0.2) is 13.1 Å². The van der Waals surface area contributed by atoms with Crippen LogP contribution in [0, 0.1) is 11.3 Å². The minimum Gasteiger partial charge on any atom is -0.315 e. The van der Waals surface area contributed by atoms with Gasteiger partial charge in [0.15, 0.2) is 0 Å². The van der Waals surface area contributed by atoms with Crippen molar-refractivity contribution in [3.05, 3.63) is 33.8 Å². The average molecular weight is 258 g/mol. The number of nitrogens with one attached hydrogen (secondary N) is 1. The first-order valence-corrected chi connectivity index (χ1v) is 6.44. The van der Waals surface area contributed by atoms with E-state index in [-0.39, 0.29) is 0 Å². The third-order valence-corrected chi connectivity index (χ3v) is 4.46. The number of hydrogen-bond donors (Lipinski definition) is 1. The van der Waals surface area contributed by atoms with Gasteiger partial charge >= 0.3 is 0 Å². The molecule has 1 saturated heterocycles. The molecule has 1 aliphatic rings. The normalized spacial score (nSPS) is 18.6. The predicted octanol–water partition coefficient (Wildman–Crippen LogP) is 3.78. The zero-order valence-electron chi connectivity index (χ0n) is 9.69. The second-order valence-corrected chi connectivity index (χ2v) is 5.86. The third-order valence-electron chi connectivity index (χ3n) is 3.72. The van der Waals surface area contributed by atoms with Gasteiger partial charge in [-0.05, 0) is 30.0 Å². The van der Waals surface area contributed by atoms with E-state index in [4.69, 9.17) is 23.2 Å². The Morgan fingerprint density at radius 1 is 1.25 bits per heavy atom. The van der Waals surface area contributed by atoms with Gasteiger partial charge in [0.25, 0.3) is 0 Å². The summed E-state index contributed by atoms with van der Waals surface area (Å²) in [6.45, 7) is 6.78. The number of benzene rings is 1. The Morgan fingerprint density at radius 2 is 1.94 bits per heavy atom. The fourth-order valence-corrected chi connectivity index (χ4v) is 2.56. The lowest BCUT2D eigenvalue weighted by molar-refractivity contribution is 0.0995. The Balaban J connectivity index is 2.16. The predicted molar refractivity (Wildman–Crippen MR) is 70.3 cm³/mol. The fourth-order valence-electron chi connectivity index (χ4n) is 2.24. The van der Waals surface area contributed by atoms with Crippen LogP contribution < -0.4 is 5.32 Å². The minimum atomic E-state index is 0.400. The van der Waals surface area contributed by atoms with Crippen LogP contribution in [0.1, 0.15) is 19.4 Å². The number of halogens is 2. The van der Waals surface area contributed by atoms with E-state index in [9.17, 15) is 0 Å². The van der Waals surface area contributed by atoms with Crippen LogP contribution >= 0.6 is 23.2 Å². The molecule has 1 heterocycles. The van der Waals surface area contributed by atoms with Crippen LogP contribution in [0.25, 0.3) is 0 Å². The lowest BCUT2D eigenvalue weighted by atomic mass is 9.68. The molecule has 1 fully saturated rings. The Kier molecular flexibility index (Phi) is 3.48. The Hall–Kier alpha value is -0.240. The van der Waals surface area contributed by atoms with Gasteiger partial charge in [0.05, 0.1) is 10.0 Å². The van der Waals surface area contributed by atoms with Crippen molar-refractivity contribution < 1.29 is 0 Å². The van der Waals surface area contributed by atoms with Crippen LogP contribution in [-0.2, 0) is 6.42 Å². The molecule has 1 nitrogen and oxygen atoms in total. The topological polar surface area (TPSA) is 12.0 Å². The van der Waals surface area contributed by atoms with Crippen molar-refractivity contribution in [2.24, 2.45) is 11.3 Å². The number of hydrogen-bond acceptors (Lipinski definition) is 1. The first-order valence-electron chi connectivity index (χ1n) is 5.68. The molecule has 0 saturated carbocycles. The maximum absolute atomic E-state index is 6.04. The highest BCUT2D eigenvalue weighted by molar-refractivity contribution is 6.42. The van der Waals surface area contributed by atoms with E-state index in [0.717, 1.165) is 19.5 Å². The van der Waals surface area contributed by atoms with Gasteiger partial charge in [-0.1, -0.05) is 43.1 Å². The van der Waals surface area contributed by atoms with Crippen LogP contribution in [0.15, 0.2) is 18.2 Å². The van der Waals surface area contributed by atoms with Crippen molar-refractivity contribution in [2.45, 2.75) is 20.3 Å². The molecule has 0 spiro atoms. The Bertz CT molecular complexity index is 384. The monoisotopic (exact) mass is 257 g/mol. The van der Waals surface area contributed by atoms with E-state index in [1.54, 1.807) is 0 Å². The first kappa shape index (κ1) is 12.2. The largest absolute Gasteiger partial charge is 0.315 e. The summed E-state index contributed by atoms with van der Waals surface area (Å²) in [5.74, 6) is 0.684. The smallest absolute Gasteiger partial charge is 0.0595 e. The summed E-state index contributed by atoms with van der Waals surface area (Å²) in [4.78, 5) is 0. The summed E-state index contributed by atoms with van der Waals surface area (Å²) >= 11 is 12.0. The highest BCUT2D eigenvalue weighted by atomic mass is 35.5. The van der Waals surface area contributed by atoms with Crippen LogP contribution in [0.4, 0.5) is 0 Å². The van der Waals surface area contributed by atoms with Crippen LogP contribution in [0.3, 0.4) is 0 Å². The molecule has 0 atom stereocenters. The minimum absolute atomic E-state index is 0.400. The molecule has 2 rings (SSSR count). The van der Waals surface area contributed by atoms with Gasteiger partial charge in [0, 0.05) is 18.5 Å². The summed E-state index contributed by atoms with van der Waals surface area (Å²) in [7, 11) is 0. The van der Waals surface area contributed by atoms with E-state index in [1.165, 1.54) is 5.56 Å². The highest BCUT2D eigenvalue weighted by Crippen LogP contribution is 2.36. The van der Waals surface area contributed by atoms with Crippen molar-refractivity contribution in [1.29, 1.82) is 0 Å². The van der Waals surface area contributed by atoms with Crippen LogP contribution in [0.2, 0.25) is 10.0 Å². The molecule has 16 heavy (non-hydrogen) atoms. The summed E-state index contributed by atoms with van der Waals surface area (Å²) < 4.78 is 0. The zero-order valence-corrected chi connectivity index (χ0v) is 11.2. The second kappa shape index (κ2) is 4.56. The van der Waals surface area contributed by atoms with Crippen molar-refractivity contribution in [2.75, 3.05) is 13.1 Å². The molecule has 0 aliphatic carbocycles. The first-order chi connectivity index (χ1) is 7.53. The van der Waals surface area contributed by atoms with Gasteiger partial charge in [-0.3, -0.25) is 0 Å². The van der Waals surface area contributed by atoms with Gasteiger partial charge in [0.1, 0.15) is 0 Å². The molecule has 1 aliphatic heterocycles. The highest BCUT2D eigenvalue weighted by Gasteiger charge is 2.39. The lowest BCUT2D eigenvalue weighted by Crippen LogP contribution is -2.57.